The summed E-state index contributed by atoms with van der Waals surface area (Å²) in [4.78, 5) is 11.3. The van der Waals surface area contributed by atoms with Crippen molar-refractivity contribution in [3.63, 3.8) is 0 Å². The van der Waals surface area contributed by atoms with Gasteiger partial charge in [-0.1, -0.05) is 0 Å². The normalized spacial score (nSPS) is 35.5. The van der Waals surface area contributed by atoms with E-state index in [1.54, 1.807) is 0 Å². The Balaban J connectivity index is 1.85. The van der Waals surface area contributed by atoms with Crippen molar-refractivity contribution >= 4 is 5.97 Å². The fraction of sp³-hybridized carbons (Fsp3) is 0.889. The number of cyclic esters (lactones) is 1. The van der Waals surface area contributed by atoms with Gasteiger partial charge in [-0.3, -0.25) is 4.79 Å². The summed E-state index contributed by atoms with van der Waals surface area (Å²) >= 11 is 0. The van der Waals surface area contributed by atoms with Gasteiger partial charge in [0, 0.05) is 0 Å². The minimum atomic E-state index is -0.0111. The highest BCUT2D eigenvalue weighted by Gasteiger charge is 2.31. The lowest BCUT2D eigenvalue weighted by Gasteiger charge is -2.09. The largest absolute Gasteiger partial charge is 0.465 e. The lowest BCUT2D eigenvalue weighted by molar-refractivity contribution is -0.147. The van der Waals surface area contributed by atoms with E-state index in [0.717, 1.165) is 32.3 Å². The molecule has 0 bridgehead atoms. The maximum Gasteiger partial charge on any atom is 0.309 e. The number of carbonyl (C=O) groups excluding carboxylic acids is 1. The second kappa shape index (κ2) is 3.44. The summed E-state index contributed by atoms with van der Waals surface area (Å²) in [6.07, 6.45) is 4.34. The van der Waals surface area contributed by atoms with E-state index in [9.17, 15) is 4.79 Å². The zero-order valence-corrected chi connectivity index (χ0v) is 7.12. The number of ether oxygens (including phenoxy) is 2. The van der Waals surface area contributed by atoms with E-state index < -0.39 is 0 Å². The number of carbonyl (C=O) groups is 1. The fourth-order valence-corrected chi connectivity index (χ4v) is 1.64. The third kappa shape index (κ3) is 1.97. The molecule has 0 aromatic carbocycles. The van der Waals surface area contributed by atoms with Crippen LogP contribution >= 0.6 is 0 Å². The predicted molar refractivity (Wildman–Crippen MR) is 42.7 cm³/mol. The van der Waals surface area contributed by atoms with Gasteiger partial charge in [0.05, 0.1) is 25.2 Å². The van der Waals surface area contributed by atoms with Crippen molar-refractivity contribution in [3.8, 4) is 0 Å². The van der Waals surface area contributed by atoms with E-state index in [0.29, 0.717) is 12.7 Å². The van der Waals surface area contributed by atoms with E-state index >= 15 is 0 Å². The molecule has 2 fully saturated rings. The number of hydrogen-bond donors (Lipinski definition) is 0. The van der Waals surface area contributed by atoms with Crippen molar-refractivity contribution in [1.29, 1.82) is 0 Å². The topological polar surface area (TPSA) is 38.8 Å². The third-order valence-corrected chi connectivity index (χ3v) is 2.47. The van der Waals surface area contributed by atoms with E-state index in [1.807, 2.05) is 0 Å². The van der Waals surface area contributed by atoms with Gasteiger partial charge in [-0.2, -0.15) is 0 Å². The summed E-state index contributed by atoms with van der Waals surface area (Å²) in [5, 5.41) is 0. The van der Waals surface area contributed by atoms with E-state index in [-0.39, 0.29) is 11.9 Å². The van der Waals surface area contributed by atoms with Crippen molar-refractivity contribution in [2.75, 3.05) is 13.2 Å². The highest BCUT2D eigenvalue weighted by Crippen LogP contribution is 2.25. The van der Waals surface area contributed by atoms with E-state index in [1.165, 1.54) is 0 Å². The Bertz CT molecular complexity index is 175. The molecule has 2 unspecified atom stereocenters. The number of epoxide rings is 1. The van der Waals surface area contributed by atoms with Crippen LogP contribution in [0, 0.1) is 5.92 Å². The first-order valence-electron chi connectivity index (χ1n) is 4.64. The summed E-state index contributed by atoms with van der Waals surface area (Å²) in [5.74, 6) is 0.100. The molecule has 2 aliphatic rings. The standard InChI is InChI=1S/C9H14O3/c10-9-7(5-8-6-12-8)3-1-2-4-11-9/h7-8H,1-6H2. The Hall–Kier alpha value is -0.570. The van der Waals surface area contributed by atoms with Crippen molar-refractivity contribution in [1.82, 2.24) is 0 Å². The third-order valence-electron chi connectivity index (χ3n) is 2.47. The Labute approximate surface area is 72.0 Å². The van der Waals surface area contributed by atoms with Gasteiger partial charge < -0.3 is 9.47 Å². The van der Waals surface area contributed by atoms with Crippen LogP contribution in [0.1, 0.15) is 25.7 Å². The number of esters is 1. The maximum absolute atomic E-state index is 11.3. The van der Waals surface area contributed by atoms with Crippen molar-refractivity contribution in [2.24, 2.45) is 5.92 Å². The summed E-state index contributed by atoms with van der Waals surface area (Å²) < 4.78 is 10.1. The molecular formula is C9H14O3. The molecule has 2 saturated heterocycles. The van der Waals surface area contributed by atoms with Gasteiger partial charge in [-0.25, -0.2) is 0 Å². The molecule has 12 heavy (non-hydrogen) atoms. The van der Waals surface area contributed by atoms with Crippen LogP contribution in [-0.4, -0.2) is 25.3 Å². The summed E-state index contributed by atoms with van der Waals surface area (Å²) in [6, 6.07) is 0. The quantitative estimate of drug-likeness (QED) is 0.460. The lowest BCUT2D eigenvalue weighted by Crippen LogP contribution is -2.17. The molecule has 2 aliphatic heterocycles. The highest BCUT2D eigenvalue weighted by molar-refractivity contribution is 5.72. The summed E-state index contributed by atoms with van der Waals surface area (Å²) in [5.41, 5.74) is 0. The predicted octanol–water partition coefficient (Wildman–Crippen LogP) is 1.12. The minimum Gasteiger partial charge on any atom is -0.465 e. The molecule has 0 radical (unpaired) electrons. The SMILES string of the molecule is O=C1OCCCCC1CC1CO1. The molecule has 2 heterocycles. The summed E-state index contributed by atoms with van der Waals surface area (Å²) in [6.45, 7) is 1.45. The Kier molecular flexibility index (Phi) is 2.30. The molecule has 0 N–H and O–H groups in total. The number of hydrogen-bond acceptors (Lipinski definition) is 3. The first-order chi connectivity index (χ1) is 5.86. The van der Waals surface area contributed by atoms with Gasteiger partial charge in [0.25, 0.3) is 0 Å². The fourth-order valence-electron chi connectivity index (χ4n) is 1.64. The van der Waals surface area contributed by atoms with Gasteiger partial charge in [-0.05, 0) is 25.7 Å². The molecule has 0 saturated carbocycles. The van der Waals surface area contributed by atoms with E-state index in [2.05, 4.69) is 0 Å². The van der Waals surface area contributed by atoms with Crippen LogP contribution in [0.15, 0.2) is 0 Å². The molecule has 0 aliphatic carbocycles. The van der Waals surface area contributed by atoms with Gasteiger partial charge in [0.2, 0.25) is 0 Å². The van der Waals surface area contributed by atoms with Gasteiger partial charge in [0.1, 0.15) is 0 Å². The van der Waals surface area contributed by atoms with Crippen molar-refractivity contribution in [3.05, 3.63) is 0 Å². The zero-order chi connectivity index (χ0) is 8.39. The first-order valence-corrected chi connectivity index (χ1v) is 4.64. The number of rotatable bonds is 2. The molecule has 0 spiro atoms. The zero-order valence-electron chi connectivity index (χ0n) is 7.12. The molecule has 0 aromatic rings. The first kappa shape index (κ1) is 8.05. The molecule has 0 aromatic heterocycles. The van der Waals surface area contributed by atoms with Crippen molar-refractivity contribution in [2.45, 2.75) is 31.8 Å². The van der Waals surface area contributed by atoms with Crippen LogP contribution < -0.4 is 0 Å². The minimum absolute atomic E-state index is 0.0111. The second-order valence-corrected chi connectivity index (χ2v) is 3.55. The average Bonchev–Trinajstić information content (AvgIpc) is 2.84. The van der Waals surface area contributed by atoms with E-state index in [4.69, 9.17) is 9.47 Å². The van der Waals surface area contributed by atoms with Crippen LogP contribution in [0.4, 0.5) is 0 Å². The Morgan fingerprint density at radius 2 is 2.25 bits per heavy atom. The van der Waals surface area contributed by atoms with Gasteiger partial charge in [0.15, 0.2) is 0 Å². The molecular weight excluding hydrogens is 156 g/mol. The second-order valence-electron chi connectivity index (χ2n) is 3.55. The van der Waals surface area contributed by atoms with Crippen LogP contribution in [0.5, 0.6) is 0 Å². The molecule has 2 atom stereocenters. The monoisotopic (exact) mass is 170 g/mol. The van der Waals surface area contributed by atoms with Crippen molar-refractivity contribution < 1.29 is 14.3 Å². The maximum atomic E-state index is 11.3. The summed E-state index contributed by atoms with van der Waals surface area (Å²) in [7, 11) is 0. The average molecular weight is 170 g/mol. The Morgan fingerprint density at radius 1 is 1.42 bits per heavy atom. The highest BCUT2D eigenvalue weighted by atomic mass is 16.6. The van der Waals surface area contributed by atoms with Gasteiger partial charge in [-0.15, -0.1) is 0 Å². The smallest absolute Gasteiger partial charge is 0.309 e. The van der Waals surface area contributed by atoms with Crippen LogP contribution in [0.2, 0.25) is 0 Å². The molecule has 2 rings (SSSR count). The van der Waals surface area contributed by atoms with Crippen LogP contribution in [-0.2, 0) is 14.3 Å². The van der Waals surface area contributed by atoms with Crippen LogP contribution in [0.25, 0.3) is 0 Å². The lowest BCUT2D eigenvalue weighted by atomic mass is 9.98. The van der Waals surface area contributed by atoms with Gasteiger partial charge >= 0.3 is 5.97 Å². The molecule has 68 valence electrons. The molecule has 3 heteroatoms. The molecule has 3 nitrogen and oxygen atoms in total. The molecule has 0 amide bonds. The van der Waals surface area contributed by atoms with Crippen LogP contribution in [0.3, 0.4) is 0 Å². The Morgan fingerprint density at radius 3 is 3.00 bits per heavy atom.